The molecule has 0 spiro atoms. The highest BCUT2D eigenvalue weighted by Crippen LogP contribution is 2.31. The number of hydrogen-bond acceptors (Lipinski definition) is 3. The van der Waals surface area contributed by atoms with E-state index in [-0.39, 0.29) is 18.6 Å². The van der Waals surface area contributed by atoms with Crippen LogP contribution in [0.4, 0.5) is 0 Å². The van der Waals surface area contributed by atoms with Crippen LogP contribution in [-0.4, -0.2) is 26.2 Å². The van der Waals surface area contributed by atoms with Crippen LogP contribution in [0.3, 0.4) is 0 Å². The predicted molar refractivity (Wildman–Crippen MR) is 65.9 cm³/mol. The van der Waals surface area contributed by atoms with Gasteiger partial charge in [0.15, 0.2) is 0 Å². The van der Waals surface area contributed by atoms with Gasteiger partial charge in [-0.3, -0.25) is 0 Å². The van der Waals surface area contributed by atoms with E-state index in [0.717, 1.165) is 17.5 Å². The van der Waals surface area contributed by atoms with E-state index in [2.05, 4.69) is 26.7 Å². The molecule has 2 heterocycles. The molecular formula is C12H12ClN3O. The van der Waals surface area contributed by atoms with Crippen LogP contribution in [0.25, 0.3) is 11.0 Å². The Morgan fingerprint density at radius 1 is 1.41 bits per heavy atom. The average Bonchev–Trinajstić information content (AvgIpc) is 2.94. The van der Waals surface area contributed by atoms with Gasteiger partial charge in [-0.1, -0.05) is 23.8 Å². The number of halogens is 1. The first-order valence-corrected chi connectivity index (χ1v) is 5.93. The first-order valence-electron chi connectivity index (χ1n) is 5.56. The number of rotatable bonds is 2. The third kappa shape index (κ3) is 1.73. The molecule has 1 N–H and O–H groups in total. The minimum Gasteiger partial charge on any atom is -0.396 e. The number of fused-ring (bicyclic) bond motifs is 1. The van der Waals surface area contributed by atoms with E-state index in [4.69, 9.17) is 16.7 Å². The number of aliphatic hydroxyl groups excluding tert-OH is 1. The summed E-state index contributed by atoms with van der Waals surface area (Å²) in [6.45, 7) is 0.196. The highest BCUT2D eigenvalue weighted by atomic mass is 35.5. The molecule has 0 saturated carbocycles. The molecule has 0 saturated heterocycles. The van der Waals surface area contributed by atoms with Gasteiger partial charge in [-0.2, -0.15) is 0 Å². The molecule has 0 amide bonds. The van der Waals surface area contributed by atoms with E-state index in [1.54, 1.807) is 0 Å². The lowest BCUT2D eigenvalue weighted by atomic mass is 10.1. The van der Waals surface area contributed by atoms with Crippen LogP contribution >= 0.6 is 11.6 Å². The normalized spacial score (nSPS) is 23.6. The SMILES string of the molecule is OC[C@H]1C=C[C@@H](n2ccc3c(Cl)ncnc32)C1. The van der Waals surface area contributed by atoms with Crippen molar-refractivity contribution in [3.05, 3.63) is 35.9 Å². The first-order chi connectivity index (χ1) is 8.29. The van der Waals surface area contributed by atoms with E-state index < -0.39 is 0 Å². The number of aliphatic hydroxyl groups is 1. The van der Waals surface area contributed by atoms with Crippen molar-refractivity contribution in [1.29, 1.82) is 0 Å². The molecule has 4 nitrogen and oxygen atoms in total. The van der Waals surface area contributed by atoms with Gasteiger partial charge in [-0.05, 0) is 12.5 Å². The second-order valence-corrected chi connectivity index (χ2v) is 4.61. The van der Waals surface area contributed by atoms with Gasteiger partial charge in [0.05, 0.1) is 11.4 Å². The summed E-state index contributed by atoms with van der Waals surface area (Å²) in [6, 6.07) is 2.17. The van der Waals surface area contributed by atoms with Crippen molar-refractivity contribution in [2.75, 3.05) is 6.61 Å². The van der Waals surface area contributed by atoms with E-state index in [1.165, 1.54) is 6.33 Å². The van der Waals surface area contributed by atoms with Crippen molar-refractivity contribution >= 4 is 22.6 Å². The summed E-state index contributed by atoms with van der Waals surface area (Å²) in [6.07, 6.45) is 8.51. The Hall–Kier alpha value is -1.39. The van der Waals surface area contributed by atoms with Gasteiger partial charge in [0, 0.05) is 18.7 Å². The number of nitrogens with zero attached hydrogens (tertiary/aromatic N) is 3. The number of allylic oxidation sites excluding steroid dienone is 1. The van der Waals surface area contributed by atoms with Gasteiger partial charge in [-0.25, -0.2) is 9.97 Å². The van der Waals surface area contributed by atoms with Crippen LogP contribution in [0.1, 0.15) is 12.5 Å². The lowest BCUT2D eigenvalue weighted by Gasteiger charge is -2.13. The van der Waals surface area contributed by atoms with Gasteiger partial charge in [0.2, 0.25) is 0 Å². The molecule has 1 aliphatic carbocycles. The molecule has 2 aromatic rings. The maximum Gasteiger partial charge on any atom is 0.145 e. The molecule has 2 atom stereocenters. The van der Waals surface area contributed by atoms with Crippen LogP contribution in [0, 0.1) is 5.92 Å². The van der Waals surface area contributed by atoms with Gasteiger partial charge >= 0.3 is 0 Å². The standard InChI is InChI=1S/C12H12ClN3O/c13-11-10-3-4-16(12(10)15-7-14-11)9-2-1-8(5-9)6-17/h1-4,7-9,17H,5-6H2/t8-,9+/m0/s1. The Morgan fingerprint density at radius 2 is 2.29 bits per heavy atom. The Labute approximate surface area is 104 Å². The van der Waals surface area contributed by atoms with Crippen LogP contribution < -0.4 is 0 Å². The third-order valence-corrected chi connectivity index (χ3v) is 3.50. The summed E-state index contributed by atoms with van der Waals surface area (Å²) in [5.41, 5.74) is 0.846. The molecule has 88 valence electrons. The fourth-order valence-electron chi connectivity index (χ4n) is 2.30. The molecule has 0 aliphatic heterocycles. The fraction of sp³-hybridized carbons (Fsp3) is 0.333. The lowest BCUT2D eigenvalue weighted by molar-refractivity contribution is 0.244. The van der Waals surface area contributed by atoms with Crippen molar-refractivity contribution in [3.8, 4) is 0 Å². The van der Waals surface area contributed by atoms with E-state index in [9.17, 15) is 0 Å². The summed E-state index contributed by atoms with van der Waals surface area (Å²) >= 11 is 6.01. The summed E-state index contributed by atoms with van der Waals surface area (Å²) in [4.78, 5) is 8.23. The Kier molecular flexibility index (Phi) is 2.61. The Morgan fingerprint density at radius 3 is 3.06 bits per heavy atom. The molecule has 0 bridgehead atoms. The Balaban J connectivity index is 2.02. The highest BCUT2D eigenvalue weighted by molar-refractivity contribution is 6.33. The minimum atomic E-state index is 0.196. The number of aromatic nitrogens is 3. The highest BCUT2D eigenvalue weighted by Gasteiger charge is 2.21. The third-order valence-electron chi connectivity index (χ3n) is 3.20. The van der Waals surface area contributed by atoms with Gasteiger partial charge in [-0.15, -0.1) is 0 Å². The fourth-order valence-corrected chi connectivity index (χ4v) is 2.49. The summed E-state index contributed by atoms with van der Waals surface area (Å²) in [7, 11) is 0. The van der Waals surface area contributed by atoms with Gasteiger partial charge in [0.1, 0.15) is 17.1 Å². The monoisotopic (exact) mass is 249 g/mol. The molecule has 17 heavy (non-hydrogen) atoms. The maximum atomic E-state index is 9.13. The van der Waals surface area contributed by atoms with Crippen LogP contribution in [-0.2, 0) is 0 Å². The zero-order valence-corrected chi connectivity index (χ0v) is 9.88. The first kappa shape index (κ1) is 10.7. The molecule has 0 fully saturated rings. The molecule has 3 rings (SSSR count). The van der Waals surface area contributed by atoms with Gasteiger partial charge < -0.3 is 9.67 Å². The van der Waals surface area contributed by atoms with E-state index in [0.29, 0.717) is 5.15 Å². The molecule has 0 radical (unpaired) electrons. The predicted octanol–water partition coefficient (Wildman–Crippen LogP) is 2.19. The minimum absolute atomic E-state index is 0.196. The van der Waals surface area contributed by atoms with Crippen LogP contribution in [0.5, 0.6) is 0 Å². The van der Waals surface area contributed by atoms with Gasteiger partial charge in [0.25, 0.3) is 0 Å². The van der Waals surface area contributed by atoms with Crippen molar-refractivity contribution in [1.82, 2.24) is 14.5 Å². The largest absolute Gasteiger partial charge is 0.396 e. The summed E-state index contributed by atoms with van der Waals surface area (Å²) < 4.78 is 2.08. The van der Waals surface area contributed by atoms with Crippen molar-refractivity contribution in [2.24, 2.45) is 5.92 Å². The Bertz CT molecular complexity index is 578. The van der Waals surface area contributed by atoms with E-state index in [1.807, 2.05) is 12.3 Å². The van der Waals surface area contributed by atoms with Crippen molar-refractivity contribution in [3.63, 3.8) is 0 Å². The number of hydrogen-bond donors (Lipinski definition) is 1. The van der Waals surface area contributed by atoms with Crippen LogP contribution in [0.2, 0.25) is 5.15 Å². The van der Waals surface area contributed by atoms with E-state index >= 15 is 0 Å². The maximum absolute atomic E-state index is 9.13. The summed E-state index contributed by atoms with van der Waals surface area (Å²) in [5.74, 6) is 0.245. The topological polar surface area (TPSA) is 50.9 Å². The molecule has 0 unspecified atom stereocenters. The quantitative estimate of drug-likeness (QED) is 0.656. The molecule has 0 aromatic carbocycles. The smallest absolute Gasteiger partial charge is 0.145 e. The average molecular weight is 250 g/mol. The second kappa shape index (κ2) is 4.13. The van der Waals surface area contributed by atoms with Crippen molar-refractivity contribution < 1.29 is 5.11 Å². The molecular weight excluding hydrogens is 238 g/mol. The van der Waals surface area contributed by atoms with Crippen molar-refractivity contribution in [2.45, 2.75) is 12.5 Å². The molecule has 1 aliphatic rings. The zero-order chi connectivity index (χ0) is 11.8. The second-order valence-electron chi connectivity index (χ2n) is 4.26. The van der Waals surface area contributed by atoms with Crippen LogP contribution in [0.15, 0.2) is 30.7 Å². The zero-order valence-electron chi connectivity index (χ0n) is 9.12. The molecule has 2 aromatic heterocycles. The lowest BCUT2D eigenvalue weighted by Crippen LogP contribution is -2.07. The summed E-state index contributed by atoms with van der Waals surface area (Å²) in [5, 5.41) is 10.5. The molecule has 5 heteroatoms.